The van der Waals surface area contributed by atoms with Crippen LogP contribution in [0.15, 0.2) is 72.9 Å². The molecule has 454 valence electrons. The fourth-order valence-electron chi connectivity index (χ4n) is 9.39. The van der Waals surface area contributed by atoms with Gasteiger partial charge in [-0.2, -0.15) is 0 Å². The summed E-state index contributed by atoms with van der Waals surface area (Å²) in [7, 11) is 0. The lowest BCUT2D eigenvalue weighted by molar-refractivity contribution is -0.301. The monoisotopic (exact) mass is 1110 g/mol. The number of carbonyl (C=O) groups is 4. The molecule has 0 saturated carbocycles. The Bertz CT molecular complexity index is 1650. The van der Waals surface area contributed by atoms with Crippen molar-refractivity contribution in [2.45, 2.75) is 314 Å². The number of hydrogen-bond acceptors (Lipinski definition) is 11. The summed E-state index contributed by atoms with van der Waals surface area (Å²) >= 11 is 0. The minimum absolute atomic E-state index is 0.0511. The molecule has 1 heterocycles. The van der Waals surface area contributed by atoms with Gasteiger partial charge in [-0.25, -0.2) is 4.79 Å². The van der Waals surface area contributed by atoms with E-state index in [1.54, 1.807) is 0 Å². The van der Waals surface area contributed by atoms with Gasteiger partial charge in [0.25, 0.3) is 0 Å². The molecule has 12 heteroatoms. The first-order valence-electron chi connectivity index (χ1n) is 31.9. The van der Waals surface area contributed by atoms with Gasteiger partial charge in [0.2, 0.25) is 0 Å². The first-order chi connectivity index (χ1) is 38.6. The Morgan fingerprint density at radius 1 is 0.430 bits per heavy atom. The summed E-state index contributed by atoms with van der Waals surface area (Å²) in [5, 5.41) is 31.6. The van der Waals surface area contributed by atoms with Crippen molar-refractivity contribution in [3.8, 4) is 0 Å². The lowest BCUT2D eigenvalue weighted by Gasteiger charge is -2.40. The second kappa shape index (κ2) is 54.7. The highest BCUT2D eigenvalue weighted by atomic mass is 16.7. The second-order valence-corrected chi connectivity index (χ2v) is 21.7. The summed E-state index contributed by atoms with van der Waals surface area (Å²) < 4.78 is 28.5. The van der Waals surface area contributed by atoms with E-state index >= 15 is 0 Å². The molecule has 1 aliphatic heterocycles. The highest BCUT2D eigenvalue weighted by Gasteiger charge is 2.50. The molecule has 12 nitrogen and oxygen atoms in total. The number of unbranched alkanes of at least 4 members (excludes halogenated alkanes) is 28. The van der Waals surface area contributed by atoms with Gasteiger partial charge < -0.3 is 39.0 Å². The molecule has 0 radical (unpaired) electrons. The maximum absolute atomic E-state index is 13.2. The number of aliphatic carboxylic acids is 1. The van der Waals surface area contributed by atoms with Gasteiger partial charge in [0, 0.05) is 19.3 Å². The summed E-state index contributed by atoms with van der Waals surface area (Å²) in [6.45, 7) is 5.85. The van der Waals surface area contributed by atoms with Crippen molar-refractivity contribution in [1.82, 2.24) is 0 Å². The van der Waals surface area contributed by atoms with Crippen LogP contribution in [0.25, 0.3) is 0 Å². The highest BCUT2D eigenvalue weighted by Crippen LogP contribution is 2.27. The molecular weight excluding hydrogens is 997 g/mol. The lowest BCUT2D eigenvalue weighted by Crippen LogP contribution is -2.61. The molecule has 0 aromatic heterocycles. The van der Waals surface area contributed by atoms with Crippen molar-refractivity contribution in [1.29, 1.82) is 0 Å². The van der Waals surface area contributed by atoms with Gasteiger partial charge in [-0.05, 0) is 89.9 Å². The Hall–Kier alpha value is -3.84. The van der Waals surface area contributed by atoms with E-state index in [9.17, 15) is 34.5 Å². The second-order valence-electron chi connectivity index (χ2n) is 21.7. The zero-order valence-electron chi connectivity index (χ0n) is 50.1. The third-order valence-corrected chi connectivity index (χ3v) is 14.3. The molecule has 6 atom stereocenters. The molecule has 0 aliphatic carbocycles. The molecule has 0 aromatic rings. The maximum atomic E-state index is 13.2. The topological polar surface area (TPSA) is 175 Å². The zero-order chi connectivity index (χ0) is 57.5. The van der Waals surface area contributed by atoms with E-state index in [2.05, 4.69) is 93.7 Å². The van der Waals surface area contributed by atoms with Crippen molar-refractivity contribution in [2.75, 3.05) is 13.2 Å². The molecule has 1 fully saturated rings. The molecule has 0 amide bonds. The molecule has 79 heavy (non-hydrogen) atoms. The van der Waals surface area contributed by atoms with Gasteiger partial charge in [-0.15, -0.1) is 0 Å². The van der Waals surface area contributed by atoms with E-state index in [1.807, 2.05) is 0 Å². The van der Waals surface area contributed by atoms with Crippen LogP contribution in [0.4, 0.5) is 0 Å². The first-order valence-corrected chi connectivity index (χ1v) is 31.9. The minimum atomic E-state index is -1.91. The van der Waals surface area contributed by atoms with Crippen LogP contribution in [0.5, 0.6) is 0 Å². The number of aliphatic hydroxyl groups excluding tert-OH is 2. The summed E-state index contributed by atoms with van der Waals surface area (Å²) in [6, 6.07) is 0. The number of carbonyl (C=O) groups excluding carboxylic acids is 3. The van der Waals surface area contributed by atoms with Crippen molar-refractivity contribution in [3.63, 3.8) is 0 Å². The lowest BCUT2D eigenvalue weighted by atomic mass is 9.98. The molecule has 1 rings (SSSR count). The number of hydrogen-bond donors (Lipinski definition) is 3. The summed E-state index contributed by atoms with van der Waals surface area (Å²) in [5.41, 5.74) is 0. The van der Waals surface area contributed by atoms with Crippen LogP contribution in [-0.4, -0.2) is 89.2 Å². The van der Waals surface area contributed by atoms with Crippen molar-refractivity contribution < 1.29 is 58.2 Å². The van der Waals surface area contributed by atoms with E-state index in [0.717, 1.165) is 96.3 Å². The van der Waals surface area contributed by atoms with Gasteiger partial charge in [-0.3, -0.25) is 14.4 Å². The Labute approximate surface area is 480 Å². The van der Waals surface area contributed by atoms with Crippen molar-refractivity contribution in [3.05, 3.63) is 72.9 Å². The SMILES string of the molecule is CC/C=C\C/C=C\C/C=C\C/C=C\CCCCC(=O)OCC(COC1OC(C(=O)O)C(O)C(O)C1OC(=O)CCCCCCCCCCC/C=C\C/C=C\CCCCC)OC(=O)CCCCCCCCCCCCCCCCC. The quantitative estimate of drug-likeness (QED) is 0.0228. The molecule has 0 aromatic carbocycles. The Morgan fingerprint density at radius 3 is 1.27 bits per heavy atom. The maximum Gasteiger partial charge on any atom is 0.335 e. The molecule has 3 N–H and O–H groups in total. The van der Waals surface area contributed by atoms with Crippen LogP contribution in [0.1, 0.15) is 278 Å². The van der Waals surface area contributed by atoms with Crippen LogP contribution in [0, 0.1) is 0 Å². The fourth-order valence-corrected chi connectivity index (χ4v) is 9.39. The van der Waals surface area contributed by atoms with Gasteiger partial charge in [0.05, 0.1) is 6.61 Å². The predicted octanol–water partition coefficient (Wildman–Crippen LogP) is 16.9. The number of ether oxygens (including phenoxy) is 5. The van der Waals surface area contributed by atoms with E-state index in [1.165, 1.54) is 122 Å². The van der Waals surface area contributed by atoms with Gasteiger partial charge in [-0.1, -0.05) is 241 Å². The van der Waals surface area contributed by atoms with Crippen LogP contribution < -0.4 is 0 Å². The van der Waals surface area contributed by atoms with E-state index < -0.39 is 67.3 Å². The normalized spacial score (nSPS) is 18.3. The zero-order valence-corrected chi connectivity index (χ0v) is 50.1. The summed E-state index contributed by atoms with van der Waals surface area (Å²) in [6.07, 6.45) is 57.2. The van der Waals surface area contributed by atoms with Crippen LogP contribution >= 0.6 is 0 Å². The number of rotatable bonds is 54. The van der Waals surface area contributed by atoms with Gasteiger partial charge in [0.1, 0.15) is 18.8 Å². The average Bonchev–Trinajstić information content (AvgIpc) is 3.46. The van der Waals surface area contributed by atoms with E-state index in [-0.39, 0.29) is 25.9 Å². The van der Waals surface area contributed by atoms with Crippen LogP contribution in [0.3, 0.4) is 0 Å². The minimum Gasteiger partial charge on any atom is -0.479 e. The van der Waals surface area contributed by atoms with Crippen molar-refractivity contribution in [2.24, 2.45) is 0 Å². The Kier molecular flexibility index (Phi) is 50.7. The number of aliphatic hydroxyl groups is 2. The number of esters is 3. The van der Waals surface area contributed by atoms with E-state index in [4.69, 9.17) is 23.7 Å². The molecular formula is C67H114O12. The number of carboxylic acids is 1. The number of allylic oxidation sites excluding steroid dienone is 12. The highest BCUT2D eigenvalue weighted by molar-refractivity contribution is 5.74. The number of carboxylic acid groups (broad SMARTS) is 1. The van der Waals surface area contributed by atoms with Crippen molar-refractivity contribution >= 4 is 23.9 Å². The Morgan fingerprint density at radius 2 is 0.797 bits per heavy atom. The smallest absolute Gasteiger partial charge is 0.335 e. The first kappa shape index (κ1) is 73.2. The van der Waals surface area contributed by atoms with Gasteiger partial charge in [0.15, 0.2) is 24.6 Å². The largest absolute Gasteiger partial charge is 0.479 e. The standard InChI is InChI=1S/C67H114O12/c1-4-7-10-13-16-19-22-25-28-29-30-31-34-37-40-43-46-49-52-55-61(70)78-65-63(72)62(71)64(66(73)74)79-67(65)76-57-58(77-60(69)54-51-48-45-42-39-36-33-27-24-21-18-15-12-9-6-3)56-75-59(68)53-50-47-44-41-38-35-32-26-23-20-17-14-11-8-5-2/h8,11,16-17,19-20,25-26,28,32,38,41,58,62-65,67,71-72H,4-7,9-10,12-15,18,21-24,27,29-31,33-37,39-40,42-57H2,1-3H3,(H,73,74)/b11-8-,19-16-,20-17-,28-25-,32-26-,41-38-. The van der Waals surface area contributed by atoms with Crippen LogP contribution in [0.2, 0.25) is 0 Å². The summed E-state index contributed by atoms with van der Waals surface area (Å²) in [4.78, 5) is 51.3. The third-order valence-electron chi connectivity index (χ3n) is 14.3. The van der Waals surface area contributed by atoms with Gasteiger partial charge >= 0.3 is 23.9 Å². The molecule has 6 unspecified atom stereocenters. The Balaban J connectivity index is 2.67. The summed E-state index contributed by atoms with van der Waals surface area (Å²) in [5.74, 6) is -3.16. The fraction of sp³-hybridized carbons (Fsp3) is 0.761. The predicted molar refractivity (Wildman–Crippen MR) is 322 cm³/mol. The average molecular weight is 1110 g/mol. The van der Waals surface area contributed by atoms with E-state index in [0.29, 0.717) is 19.3 Å². The molecule has 0 bridgehead atoms. The molecule has 1 saturated heterocycles. The van der Waals surface area contributed by atoms with Crippen LogP contribution in [-0.2, 0) is 42.9 Å². The molecule has 0 spiro atoms. The third kappa shape index (κ3) is 44.5. The molecule has 1 aliphatic rings.